The lowest BCUT2D eigenvalue weighted by molar-refractivity contribution is -0.144. The number of ketones is 1. The molecule has 34 heavy (non-hydrogen) atoms. The van der Waals surface area contributed by atoms with Crippen LogP contribution < -0.4 is 20.7 Å². The number of alkyl halides is 3. The molecule has 1 aromatic heterocycles. The molecule has 180 valence electrons. The molecule has 0 bridgehead atoms. The molecule has 3 aromatic rings. The summed E-state index contributed by atoms with van der Waals surface area (Å²) in [4.78, 5) is 36.1. The monoisotopic (exact) mass is 548 g/mol. The maximum absolute atomic E-state index is 14.7. The summed E-state index contributed by atoms with van der Waals surface area (Å²) in [7, 11) is 0.778. The molecular weight excluding hydrogens is 535 g/mol. The van der Waals surface area contributed by atoms with Gasteiger partial charge in [-0.05, 0) is 41.1 Å². The first kappa shape index (κ1) is 25.1. The number of benzene rings is 2. The molecule has 0 radical (unpaired) electrons. The third-order valence-electron chi connectivity index (χ3n) is 4.41. The second-order valence-corrected chi connectivity index (χ2v) is 7.81. The Hall–Kier alpha value is -3.48. The largest absolute Gasteiger partial charge is 0.482 e. The first-order chi connectivity index (χ1) is 15.8. The summed E-state index contributed by atoms with van der Waals surface area (Å²) in [6, 6.07) is 4.97. The summed E-state index contributed by atoms with van der Waals surface area (Å²) in [5.74, 6) is -2.72. The van der Waals surface area contributed by atoms with E-state index in [2.05, 4.69) is 15.9 Å². The van der Waals surface area contributed by atoms with Gasteiger partial charge in [0.2, 0.25) is 0 Å². The van der Waals surface area contributed by atoms with Gasteiger partial charge >= 0.3 is 11.9 Å². The van der Waals surface area contributed by atoms with E-state index in [0.717, 1.165) is 31.3 Å². The molecule has 0 atom stereocenters. The maximum atomic E-state index is 14.7. The smallest absolute Gasteiger partial charge is 0.431 e. The van der Waals surface area contributed by atoms with Crippen LogP contribution in [0.3, 0.4) is 0 Å². The summed E-state index contributed by atoms with van der Waals surface area (Å²) < 4.78 is 78.9. The summed E-state index contributed by atoms with van der Waals surface area (Å²) in [5, 5.41) is 0. The van der Waals surface area contributed by atoms with Gasteiger partial charge in [-0.25, -0.2) is 18.1 Å². The third-order valence-corrected chi connectivity index (χ3v) is 5.03. The fourth-order valence-corrected chi connectivity index (χ4v) is 3.26. The number of ether oxygens (including phenoxy) is 2. The molecule has 0 amide bonds. The van der Waals surface area contributed by atoms with Crippen LogP contribution in [0.5, 0.6) is 17.2 Å². The number of halogens is 6. The predicted octanol–water partition coefficient (Wildman–Crippen LogP) is 4.36. The van der Waals surface area contributed by atoms with Gasteiger partial charge in [-0.1, -0.05) is 0 Å². The van der Waals surface area contributed by atoms with E-state index in [1.165, 1.54) is 13.0 Å². The standard InChI is InChI=1S/C21H14BrF5N2O5/c1-10(30)9-33-15-4-3-11(23)5-17(15)34-16-7-14(13(24)6-12(16)22)29-19(31)8-18(21(25,26)27)28(2)20(29)32/h3-8H,9H2,1-2H3. The van der Waals surface area contributed by atoms with E-state index in [1.807, 2.05) is 0 Å². The molecule has 1 heterocycles. The summed E-state index contributed by atoms with van der Waals surface area (Å²) in [6.07, 6.45) is -4.99. The van der Waals surface area contributed by atoms with E-state index in [4.69, 9.17) is 9.47 Å². The predicted molar refractivity (Wildman–Crippen MR) is 113 cm³/mol. The quantitative estimate of drug-likeness (QED) is 0.428. The van der Waals surface area contributed by atoms with Crippen molar-refractivity contribution in [2.45, 2.75) is 13.1 Å². The van der Waals surface area contributed by atoms with Crippen molar-refractivity contribution >= 4 is 21.7 Å². The van der Waals surface area contributed by atoms with Crippen molar-refractivity contribution in [3.63, 3.8) is 0 Å². The molecule has 13 heteroatoms. The van der Waals surface area contributed by atoms with Crippen molar-refractivity contribution in [2.24, 2.45) is 7.05 Å². The van der Waals surface area contributed by atoms with Crippen LogP contribution in [0.15, 0.2) is 50.5 Å². The van der Waals surface area contributed by atoms with Gasteiger partial charge in [0.1, 0.15) is 29.7 Å². The highest BCUT2D eigenvalue weighted by Crippen LogP contribution is 2.37. The van der Waals surface area contributed by atoms with Crippen LogP contribution in [0.1, 0.15) is 12.6 Å². The molecule has 0 spiro atoms. The normalized spacial score (nSPS) is 11.4. The Morgan fingerprint density at radius 1 is 1.03 bits per heavy atom. The Morgan fingerprint density at radius 2 is 1.71 bits per heavy atom. The van der Waals surface area contributed by atoms with E-state index in [0.29, 0.717) is 0 Å². The van der Waals surface area contributed by atoms with Crippen LogP contribution in [0.25, 0.3) is 5.69 Å². The Balaban J connectivity index is 2.14. The lowest BCUT2D eigenvalue weighted by Crippen LogP contribution is -2.41. The Labute approximate surface area is 196 Å². The zero-order chi connectivity index (χ0) is 25.4. The number of hydrogen-bond acceptors (Lipinski definition) is 5. The number of hydrogen-bond donors (Lipinski definition) is 0. The number of carbonyl (C=O) groups is 1. The molecule has 0 unspecified atom stereocenters. The van der Waals surface area contributed by atoms with Crippen molar-refractivity contribution in [2.75, 3.05) is 6.61 Å². The molecule has 0 aliphatic carbocycles. The molecule has 0 aliphatic rings. The van der Waals surface area contributed by atoms with Crippen LogP contribution in [0, 0.1) is 11.6 Å². The number of Topliss-reactive ketones (excluding diaryl/α,β-unsaturated/α-hetero) is 1. The fraction of sp³-hybridized carbons (Fsp3) is 0.190. The van der Waals surface area contributed by atoms with Crippen molar-refractivity contribution in [1.29, 1.82) is 0 Å². The highest BCUT2D eigenvalue weighted by molar-refractivity contribution is 9.10. The van der Waals surface area contributed by atoms with E-state index in [1.54, 1.807) is 0 Å². The lowest BCUT2D eigenvalue weighted by atomic mass is 10.2. The average molecular weight is 549 g/mol. The summed E-state index contributed by atoms with van der Waals surface area (Å²) in [6.45, 7) is 0.907. The number of nitrogens with zero attached hydrogens (tertiary/aromatic N) is 2. The average Bonchev–Trinajstić information content (AvgIpc) is 2.72. The van der Waals surface area contributed by atoms with Crippen LogP contribution in [-0.4, -0.2) is 21.5 Å². The highest BCUT2D eigenvalue weighted by atomic mass is 79.9. The highest BCUT2D eigenvalue weighted by Gasteiger charge is 2.35. The fourth-order valence-electron chi connectivity index (χ4n) is 2.87. The minimum Gasteiger partial charge on any atom is -0.482 e. The number of carbonyl (C=O) groups excluding carboxylic acids is 1. The van der Waals surface area contributed by atoms with E-state index < -0.39 is 40.4 Å². The van der Waals surface area contributed by atoms with Crippen molar-refractivity contribution in [1.82, 2.24) is 9.13 Å². The van der Waals surface area contributed by atoms with Gasteiger partial charge < -0.3 is 9.47 Å². The van der Waals surface area contributed by atoms with Crippen molar-refractivity contribution in [3.8, 4) is 22.9 Å². The second kappa shape index (κ2) is 9.41. The second-order valence-electron chi connectivity index (χ2n) is 6.96. The topological polar surface area (TPSA) is 79.5 Å². The molecule has 3 rings (SSSR count). The van der Waals surface area contributed by atoms with Gasteiger partial charge in [0.05, 0.1) is 10.2 Å². The minimum atomic E-state index is -4.99. The zero-order valence-electron chi connectivity index (χ0n) is 17.4. The molecule has 0 saturated carbocycles. The first-order valence-electron chi connectivity index (χ1n) is 9.29. The lowest BCUT2D eigenvalue weighted by Gasteiger charge is -2.16. The SMILES string of the molecule is CC(=O)COc1ccc(F)cc1Oc1cc(-n2c(=O)cc(C(F)(F)F)n(C)c2=O)c(F)cc1Br. The Kier molecular flexibility index (Phi) is 6.96. The molecule has 0 fully saturated rings. The van der Waals surface area contributed by atoms with E-state index in [9.17, 15) is 36.3 Å². The Morgan fingerprint density at radius 3 is 2.32 bits per heavy atom. The molecule has 0 saturated heterocycles. The van der Waals surface area contributed by atoms with Gasteiger partial charge in [-0.15, -0.1) is 0 Å². The van der Waals surface area contributed by atoms with Gasteiger partial charge in [-0.2, -0.15) is 13.2 Å². The van der Waals surface area contributed by atoms with E-state index in [-0.39, 0.29) is 49.3 Å². The first-order valence-corrected chi connectivity index (χ1v) is 10.1. The van der Waals surface area contributed by atoms with Gasteiger partial charge in [0, 0.05) is 25.2 Å². The van der Waals surface area contributed by atoms with Gasteiger partial charge in [-0.3, -0.25) is 14.2 Å². The zero-order valence-corrected chi connectivity index (χ0v) is 19.0. The maximum Gasteiger partial charge on any atom is 0.431 e. The van der Waals surface area contributed by atoms with Gasteiger partial charge in [0.25, 0.3) is 5.56 Å². The molecule has 0 N–H and O–H groups in total. The number of aromatic nitrogens is 2. The summed E-state index contributed by atoms with van der Waals surface area (Å²) in [5.41, 5.74) is -5.11. The van der Waals surface area contributed by atoms with Crippen molar-refractivity contribution < 1.29 is 36.2 Å². The third kappa shape index (κ3) is 5.19. The van der Waals surface area contributed by atoms with Crippen LogP contribution in [0.4, 0.5) is 22.0 Å². The van der Waals surface area contributed by atoms with Crippen LogP contribution in [-0.2, 0) is 18.0 Å². The van der Waals surface area contributed by atoms with Crippen molar-refractivity contribution in [3.05, 3.63) is 79.0 Å². The van der Waals surface area contributed by atoms with E-state index >= 15 is 0 Å². The van der Waals surface area contributed by atoms with Gasteiger partial charge in [0.15, 0.2) is 17.3 Å². The minimum absolute atomic E-state index is 0.0349. The number of rotatable bonds is 6. The molecule has 7 nitrogen and oxygen atoms in total. The molecule has 2 aromatic carbocycles. The van der Waals surface area contributed by atoms with Crippen LogP contribution >= 0.6 is 15.9 Å². The molecular formula is C21H14BrF5N2O5. The van der Waals surface area contributed by atoms with Crippen LogP contribution in [0.2, 0.25) is 0 Å². The Bertz CT molecular complexity index is 1400. The summed E-state index contributed by atoms with van der Waals surface area (Å²) >= 11 is 3.03. The molecule has 0 aliphatic heterocycles.